The smallest absolute Gasteiger partial charge is 0.205 e. The van der Waals surface area contributed by atoms with Gasteiger partial charge in [-0.2, -0.15) is 0 Å². The number of hydrogen-bond acceptors (Lipinski definition) is 1. The van der Waals surface area contributed by atoms with E-state index in [2.05, 4.69) is 4.98 Å². The lowest BCUT2D eigenvalue weighted by Crippen LogP contribution is -2.10. The van der Waals surface area contributed by atoms with Gasteiger partial charge in [0.05, 0.1) is 14.5 Å². The van der Waals surface area contributed by atoms with E-state index in [0.29, 0.717) is 0 Å². The van der Waals surface area contributed by atoms with Crippen LogP contribution in [0, 0.1) is 21.0 Å². The number of rotatable bonds is 0. The van der Waals surface area contributed by atoms with E-state index in [1.54, 1.807) is 22.6 Å². The van der Waals surface area contributed by atoms with Gasteiger partial charge in [0.2, 0.25) is 5.43 Å². The van der Waals surface area contributed by atoms with Gasteiger partial charge in [0.15, 0.2) is 17.5 Å². The quantitative estimate of drug-likeness (QED) is 0.586. The molecule has 1 aromatic heterocycles. The summed E-state index contributed by atoms with van der Waals surface area (Å²) in [5.41, 5.74) is -0.711. The Morgan fingerprint density at radius 2 is 1.87 bits per heavy atom. The van der Waals surface area contributed by atoms with Crippen molar-refractivity contribution in [1.29, 1.82) is 0 Å². The molecule has 2 nitrogen and oxygen atoms in total. The summed E-state index contributed by atoms with van der Waals surface area (Å²) in [6, 6.07) is 0.755. The van der Waals surface area contributed by atoms with Crippen molar-refractivity contribution in [1.82, 2.24) is 4.98 Å². The van der Waals surface area contributed by atoms with Crippen molar-refractivity contribution in [2.24, 2.45) is 0 Å². The molecule has 15 heavy (non-hydrogen) atoms. The molecule has 1 N–H and O–H groups in total. The predicted molar refractivity (Wildman–Crippen MR) is 57.2 cm³/mol. The maximum Gasteiger partial charge on any atom is 0.205 e. The second-order valence-electron chi connectivity index (χ2n) is 2.87. The van der Waals surface area contributed by atoms with E-state index < -0.39 is 28.3 Å². The Hall–Kier alpha value is -1.05. The van der Waals surface area contributed by atoms with E-state index >= 15 is 0 Å². The summed E-state index contributed by atoms with van der Waals surface area (Å²) in [7, 11) is 0. The molecule has 1 aromatic carbocycles. The molecule has 0 saturated carbocycles. The minimum atomic E-state index is -1.63. The van der Waals surface area contributed by atoms with Gasteiger partial charge in [-0.25, -0.2) is 13.2 Å². The first-order valence-electron chi connectivity index (χ1n) is 3.86. The molecule has 2 rings (SSSR count). The van der Waals surface area contributed by atoms with Gasteiger partial charge in [0, 0.05) is 12.3 Å². The van der Waals surface area contributed by atoms with Crippen LogP contribution in [-0.2, 0) is 0 Å². The van der Waals surface area contributed by atoms with E-state index in [-0.39, 0.29) is 9.09 Å². The van der Waals surface area contributed by atoms with Crippen LogP contribution in [0.3, 0.4) is 0 Å². The molecule has 0 aliphatic heterocycles. The number of aromatic amines is 1. The van der Waals surface area contributed by atoms with Crippen molar-refractivity contribution in [3.8, 4) is 0 Å². The maximum absolute atomic E-state index is 13.3. The SMILES string of the molecule is O=c1c(I)c[nH]c2cc(F)c(F)c(F)c12. The Balaban J connectivity index is 3.07. The molecule has 0 radical (unpaired) electrons. The van der Waals surface area contributed by atoms with Crippen LogP contribution in [0.2, 0.25) is 0 Å². The van der Waals surface area contributed by atoms with E-state index in [1.165, 1.54) is 6.20 Å². The van der Waals surface area contributed by atoms with Crippen LogP contribution in [0.4, 0.5) is 13.2 Å². The standard InChI is InChI=1S/C9H3F3INO/c10-3-1-5-6(8(12)7(3)11)9(15)4(13)2-14-5/h1-2H,(H,14,15). The molecule has 0 aliphatic rings. The van der Waals surface area contributed by atoms with Crippen LogP contribution < -0.4 is 5.43 Å². The summed E-state index contributed by atoms with van der Waals surface area (Å²) >= 11 is 1.68. The third-order valence-electron chi connectivity index (χ3n) is 1.96. The number of pyridine rings is 1. The van der Waals surface area contributed by atoms with Gasteiger partial charge < -0.3 is 4.98 Å². The van der Waals surface area contributed by atoms with Gasteiger partial charge >= 0.3 is 0 Å². The molecule has 0 amide bonds. The zero-order chi connectivity index (χ0) is 11.2. The van der Waals surface area contributed by atoms with Crippen molar-refractivity contribution >= 4 is 33.5 Å². The van der Waals surface area contributed by atoms with Crippen LogP contribution in [-0.4, -0.2) is 4.98 Å². The summed E-state index contributed by atoms with van der Waals surface area (Å²) in [6.07, 6.45) is 1.31. The van der Waals surface area contributed by atoms with Crippen molar-refractivity contribution < 1.29 is 13.2 Å². The maximum atomic E-state index is 13.3. The normalized spacial score (nSPS) is 10.9. The summed E-state index contributed by atoms with van der Waals surface area (Å²) in [5.74, 6) is -4.41. The lowest BCUT2D eigenvalue weighted by molar-refractivity contribution is 0.453. The van der Waals surface area contributed by atoms with Crippen molar-refractivity contribution in [2.45, 2.75) is 0 Å². The van der Waals surface area contributed by atoms with Crippen LogP contribution in [0.15, 0.2) is 17.1 Å². The number of benzene rings is 1. The minimum absolute atomic E-state index is 0.0585. The first-order valence-corrected chi connectivity index (χ1v) is 4.94. The Kier molecular flexibility index (Phi) is 2.45. The number of nitrogens with one attached hydrogen (secondary N) is 1. The highest BCUT2D eigenvalue weighted by Crippen LogP contribution is 2.19. The highest BCUT2D eigenvalue weighted by molar-refractivity contribution is 14.1. The third-order valence-corrected chi connectivity index (χ3v) is 2.76. The van der Waals surface area contributed by atoms with Gasteiger partial charge in [-0.05, 0) is 22.6 Å². The number of hydrogen-bond donors (Lipinski definition) is 1. The van der Waals surface area contributed by atoms with E-state index in [0.717, 1.165) is 6.07 Å². The highest BCUT2D eigenvalue weighted by Gasteiger charge is 2.16. The zero-order valence-corrected chi connectivity index (χ0v) is 9.23. The van der Waals surface area contributed by atoms with Gasteiger partial charge in [-0.1, -0.05) is 0 Å². The minimum Gasteiger partial charge on any atom is -0.360 e. The molecule has 0 bridgehead atoms. The fourth-order valence-electron chi connectivity index (χ4n) is 1.26. The van der Waals surface area contributed by atoms with Gasteiger partial charge in [0.1, 0.15) is 0 Å². The summed E-state index contributed by atoms with van der Waals surface area (Å²) in [5, 5.41) is -0.458. The molecular weight excluding hydrogens is 322 g/mol. The fraction of sp³-hybridized carbons (Fsp3) is 0. The molecule has 0 spiro atoms. The molecule has 0 atom stereocenters. The van der Waals surface area contributed by atoms with Crippen LogP contribution in [0.5, 0.6) is 0 Å². The van der Waals surface area contributed by atoms with Crippen LogP contribution in [0.1, 0.15) is 0 Å². The Labute approximate surface area is 95.3 Å². The average Bonchev–Trinajstić information content (AvgIpc) is 2.20. The van der Waals surface area contributed by atoms with E-state index in [1.807, 2.05) is 0 Å². The summed E-state index contributed by atoms with van der Waals surface area (Å²) in [4.78, 5) is 14.0. The lowest BCUT2D eigenvalue weighted by atomic mass is 10.2. The topological polar surface area (TPSA) is 32.9 Å². The second kappa shape index (κ2) is 3.51. The molecule has 0 saturated heterocycles. The zero-order valence-electron chi connectivity index (χ0n) is 7.07. The fourth-order valence-corrected chi connectivity index (χ4v) is 1.68. The molecule has 2 aromatic rings. The Bertz CT molecular complexity index is 608. The highest BCUT2D eigenvalue weighted by atomic mass is 127. The molecule has 6 heteroatoms. The Morgan fingerprint density at radius 3 is 2.53 bits per heavy atom. The van der Waals surface area contributed by atoms with Crippen molar-refractivity contribution in [2.75, 3.05) is 0 Å². The van der Waals surface area contributed by atoms with Crippen LogP contribution in [0.25, 0.3) is 10.9 Å². The Morgan fingerprint density at radius 1 is 1.20 bits per heavy atom. The molecule has 78 valence electrons. The molecular formula is C9H3F3INO. The second-order valence-corrected chi connectivity index (χ2v) is 4.04. The van der Waals surface area contributed by atoms with E-state index in [4.69, 9.17) is 0 Å². The molecule has 0 unspecified atom stereocenters. The first-order chi connectivity index (χ1) is 7.02. The monoisotopic (exact) mass is 325 g/mol. The number of fused-ring (bicyclic) bond motifs is 1. The van der Waals surface area contributed by atoms with E-state index in [9.17, 15) is 18.0 Å². The van der Waals surface area contributed by atoms with Crippen molar-refractivity contribution in [3.05, 3.63) is 43.5 Å². The molecule has 0 aliphatic carbocycles. The summed E-state index contributed by atoms with van der Waals surface area (Å²) < 4.78 is 39.1. The molecule has 1 heterocycles. The number of aromatic nitrogens is 1. The van der Waals surface area contributed by atoms with Gasteiger partial charge in [-0.15, -0.1) is 0 Å². The summed E-state index contributed by atoms with van der Waals surface area (Å²) in [6.45, 7) is 0. The third kappa shape index (κ3) is 1.52. The lowest BCUT2D eigenvalue weighted by Gasteiger charge is -2.01. The predicted octanol–water partition coefficient (Wildman–Crippen LogP) is 2.55. The number of H-pyrrole nitrogens is 1. The van der Waals surface area contributed by atoms with Gasteiger partial charge in [0.25, 0.3) is 0 Å². The molecule has 0 fully saturated rings. The van der Waals surface area contributed by atoms with Crippen LogP contribution >= 0.6 is 22.6 Å². The average molecular weight is 325 g/mol. The number of halogens is 4. The first kappa shape index (κ1) is 10.5. The van der Waals surface area contributed by atoms with Gasteiger partial charge in [-0.3, -0.25) is 4.79 Å². The largest absolute Gasteiger partial charge is 0.360 e. The van der Waals surface area contributed by atoms with Crippen molar-refractivity contribution in [3.63, 3.8) is 0 Å².